The third-order valence-electron chi connectivity index (χ3n) is 5.18. The van der Waals surface area contributed by atoms with Crippen LogP contribution < -0.4 is 4.90 Å². The molecular formula is C19H31BrN4OSi. The van der Waals surface area contributed by atoms with Gasteiger partial charge in [0.15, 0.2) is 5.65 Å². The Morgan fingerprint density at radius 1 is 1.23 bits per heavy atom. The Morgan fingerprint density at radius 2 is 1.92 bits per heavy atom. The molecule has 3 rings (SSSR count). The highest BCUT2D eigenvalue weighted by atomic mass is 79.9. The molecule has 2 aromatic rings. The van der Waals surface area contributed by atoms with E-state index in [0.29, 0.717) is 12.1 Å². The minimum atomic E-state index is -1.07. The van der Waals surface area contributed by atoms with E-state index in [4.69, 9.17) is 9.72 Å². The SMILES string of the molecule is CC1(C)CCN(c2cnc3c(Br)cn(COCC[Si](C)(C)C)c3n2)CC1. The standard InChI is InChI=1S/C19H31BrN4OSi/c1-19(2)6-8-23(9-7-19)16-12-21-17-15(20)13-24(18(17)22-16)14-25-10-11-26(3,4)5/h12-13H,6-11,14H2,1-5H3. The first kappa shape index (κ1) is 19.8. The Morgan fingerprint density at radius 3 is 2.58 bits per heavy atom. The van der Waals surface area contributed by atoms with Crippen LogP contribution in [0.1, 0.15) is 26.7 Å². The molecule has 0 N–H and O–H groups in total. The molecule has 144 valence electrons. The largest absolute Gasteiger partial charge is 0.361 e. The van der Waals surface area contributed by atoms with Crippen molar-refractivity contribution in [1.82, 2.24) is 14.5 Å². The van der Waals surface area contributed by atoms with Gasteiger partial charge in [-0.2, -0.15) is 0 Å². The maximum atomic E-state index is 5.93. The van der Waals surface area contributed by atoms with E-state index in [-0.39, 0.29) is 0 Å². The molecule has 0 radical (unpaired) electrons. The summed E-state index contributed by atoms with van der Waals surface area (Å²) < 4.78 is 8.96. The first-order chi connectivity index (χ1) is 12.1. The van der Waals surface area contributed by atoms with Crippen LogP contribution in [-0.2, 0) is 11.5 Å². The van der Waals surface area contributed by atoms with E-state index in [1.807, 2.05) is 12.4 Å². The van der Waals surface area contributed by atoms with Crippen LogP contribution in [0.2, 0.25) is 25.7 Å². The Hall–Kier alpha value is -0.923. The van der Waals surface area contributed by atoms with Crippen LogP contribution in [0.5, 0.6) is 0 Å². The quantitative estimate of drug-likeness (QED) is 0.462. The monoisotopic (exact) mass is 438 g/mol. The van der Waals surface area contributed by atoms with Crippen molar-refractivity contribution in [3.8, 4) is 0 Å². The van der Waals surface area contributed by atoms with Crippen molar-refractivity contribution in [2.24, 2.45) is 5.41 Å². The van der Waals surface area contributed by atoms with Crippen LogP contribution >= 0.6 is 15.9 Å². The predicted molar refractivity (Wildman–Crippen MR) is 115 cm³/mol. The minimum absolute atomic E-state index is 0.432. The number of piperidine rings is 1. The van der Waals surface area contributed by atoms with Crippen molar-refractivity contribution >= 4 is 41.0 Å². The van der Waals surface area contributed by atoms with Gasteiger partial charge < -0.3 is 14.2 Å². The van der Waals surface area contributed by atoms with Gasteiger partial charge in [0, 0.05) is 34.0 Å². The molecule has 0 aromatic carbocycles. The number of aromatic nitrogens is 3. The number of halogens is 1. The third-order valence-corrected chi connectivity index (χ3v) is 7.46. The molecule has 0 spiro atoms. The Balaban J connectivity index is 1.73. The van der Waals surface area contributed by atoms with Crippen molar-refractivity contribution in [3.05, 3.63) is 16.9 Å². The molecular weight excluding hydrogens is 408 g/mol. The summed E-state index contributed by atoms with van der Waals surface area (Å²) in [6.07, 6.45) is 6.32. The molecule has 5 nitrogen and oxygen atoms in total. The van der Waals surface area contributed by atoms with Crippen LogP contribution in [0.25, 0.3) is 11.2 Å². The number of anilines is 1. The summed E-state index contributed by atoms with van der Waals surface area (Å²) in [4.78, 5) is 11.9. The zero-order valence-electron chi connectivity index (χ0n) is 16.7. The number of nitrogens with zero attached hydrogens (tertiary/aromatic N) is 4. The molecule has 0 amide bonds. The van der Waals surface area contributed by atoms with E-state index in [1.54, 1.807) is 0 Å². The molecule has 3 heterocycles. The number of fused-ring (bicyclic) bond motifs is 1. The van der Waals surface area contributed by atoms with Crippen molar-refractivity contribution in [3.63, 3.8) is 0 Å². The summed E-state index contributed by atoms with van der Waals surface area (Å²) in [5, 5.41) is 0. The van der Waals surface area contributed by atoms with Crippen molar-refractivity contribution in [2.45, 2.75) is 59.1 Å². The highest BCUT2D eigenvalue weighted by molar-refractivity contribution is 9.10. The predicted octanol–water partition coefficient (Wildman–Crippen LogP) is 5.13. The average Bonchev–Trinajstić information content (AvgIpc) is 2.86. The first-order valence-electron chi connectivity index (χ1n) is 9.49. The van der Waals surface area contributed by atoms with Gasteiger partial charge in [-0.25, -0.2) is 9.97 Å². The van der Waals surface area contributed by atoms with E-state index >= 15 is 0 Å². The maximum absolute atomic E-state index is 5.93. The fraction of sp³-hybridized carbons (Fsp3) is 0.684. The lowest BCUT2D eigenvalue weighted by molar-refractivity contribution is 0.0898. The second-order valence-electron chi connectivity index (χ2n) is 9.35. The number of hydrogen-bond donors (Lipinski definition) is 0. The molecule has 0 unspecified atom stereocenters. The summed E-state index contributed by atoms with van der Waals surface area (Å²) >= 11 is 3.61. The Labute approximate surface area is 166 Å². The molecule has 1 saturated heterocycles. The van der Waals surface area contributed by atoms with Gasteiger partial charge in [-0.1, -0.05) is 33.5 Å². The number of ether oxygens (including phenoxy) is 1. The van der Waals surface area contributed by atoms with E-state index in [9.17, 15) is 0 Å². The van der Waals surface area contributed by atoms with Gasteiger partial charge >= 0.3 is 0 Å². The molecule has 0 saturated carbocycles. The fourth-order valence-electron chi connectivity index (χ4n) is 3.13. The highest BCUT2D eigenvalue weighted by Crippen LogP contribution is 2.32. The van der Waals surface area contributed by atoms with Crippen LogP contribution in [-0.4, -0.2) is 42.3 Å². The van der Waals surface area contributed by atoms with Gasteiger partial charge in [0.1, 0.15) is 18.1 Å². The summed E-state index contributed by atoms with van der Waals surface area (Å²) in [7, 11) is -1.07. The lowest BCUT2D eigenvalue weighted by Gasteiger charge is -2.37. The van der Waals surface area contributed by atoms with Gasteiger partial charge in [0.25, 0.3) is 0 Å². The zero-order chi connectivity index (χ0) is 18.9. The van der Waals surface area contributed by atoms with Gasteiger partial charge in [-0.15, -0.1) is 0 Å². The van der Waals surface area contributed by atoms with Crippen molar-refractivity contribution in [1.29, 1.82) is 0 Å². The number of rotatable bonds is 6. The molecule has 26 heavy (non-hydrogen) atoms. The van der Waals surface area contributed by atoms with Gasteiger partial charge in [0.05, 0.1) is 10.7 Å². The Bertz CT molecular complexity index is 759. The summed E-state index contributed by atoms with van der Waals surface area (Å²) in [6.45, 7) is 15.2. The van der Waals surface area contributed by atoms with Crippen molar-refractivity contribution in [2.75, 3.05) is 24.6 Å². The van der Waals surface area contributed by atoms with E-state index in [2.05, 4.69) is 63.9 Å². The molecule has 1 fully saturated rings. The second kappa shape index (κ2) is 7.60. The van der Waals surface area contributed by atoms with Gasteiger partial charge in [0.2, 0.25) is 0 Å². The van der Waals surface area contributed by atoms with E-state index < -0.39 is 8.07 Å². The van der Waals surface area contributed by atoms with Crippen LogP contribution in [0.15, 0.2) is 16.9 Å². The lowest BCUT2D eigenvalue weighted by atomic mass is 9.83. The van der Waals surface area contributed by atoms with Crippen LogP contribution in [0.3, 0.4) is 0 Å². The van der Waals surface area contributed by atoms with Crippen molar-refractivity contribution < 1.29 is 4.74 Å². The van der Waals surface area contributed by atoms with Gasteiger partial charge in [-0.3, -0.25) is 0 Å². The highest BCUT2D eigenvalue weighted by Gasteiger charge is 2.26. The third kappa shape index (κ3) is 4.87. The molecule has 7 heteroatoms. The summed E-state index contributed by atoms with van der Waals surface area (Å²) in [6, 6.07) is 1.17. The second-order valence-corrected chi connectivity index (χ2v) is 15.8. The molecule has 0 atom stereocenters. The van der Waals surface area contributed by atoms with Gasteiger partial charge in [-0.05, 0) is 40.2 Å². The first-order valence-corrected chi connectivity index (χ1v) is 14.0. The number of hydrogen-bond acceptors (Lipinski definition) is 4. The molecule has 1 aliphatic heterocycles. The molecule has 1 aliphatic rings. The van der Waals surface area contributed by atoms with E-state index in [0.717, 1.165) is 41.2 Å². The summed E-state index contributed by atoms with van der Waals surface area (Å²) in [5.74, 6) is 0.974. The lowest BCUT2D eigenvalue weighted by Crippen LogP contribution is -2.37. The summed E-state index contributed by atoms with van der Waals surface area (Å²) in [5.41, 5.74) is 2.23. The minimum Gasteiger partial charge on any atom is -0.361 e. The van der Waals surface area contributed by atoms with Crippen LogP contribution in [0.4, 0.5) is 5.82 Å². The smallest absolute Gasteiger partial charge is 0.164 e. The molecule has 2 aromatic heterocycles. The molecule has 0 bridgehead atoms. The average molecular weight is 439 g/mol. The maximum Gasteiger partial charge on any atom is 0.164 e. The fourth-order valence-corrected chi connectivity index (χ4v) is 4.41. The Kier molecular flexibility index (Phi) is 5.80. The molecule has 0 aliphatic carbocycles. The van der Waals surface area contributed by atoms with E-state index in [1.165, 1.54) is 18.9 Å². The normalized spacial score (nSPS) is 17.8. The van der Waals surface area contributed by atoms with Crippen LogP contribution in [0, 0.1) is 5.41 Å². The topological polar surface area (TPSA) is 43.2 Å². The zero-order valence-corrected chi connectivity index (χ0v) is 19.3.